The van der Waals surface area contributed by atoms with Gasteiger partial charge in [0.1, 0.15) is 17.8 Å². The van der Waals surface area contributed by atoms with E-state index in [2.05, 4.69) is 20.4 Å². The number of halogens is 1. The summed E-state index contributed by atoms with van der Waals surface area (Å²) in [6, 6.07) is 3.05. The summed E-state index contributed by atoms with van der Waals surface area (Å²) in [5.74, 6) is 0.325. The molecule has 0 aliphatic rings. The summed E-state index contributed by atoms with van der Waals surface area (Å²) in [7, 11) is 1.74. The van der Waals surface area contributed by atoms with Crippen LogP contribution in [0.1, 0.15) is 16.3 Å². The van der Waals surface area contributed by atoms with Crippen molar-refractivity contribution in [2.24, 2.45) is 7.05 Å². The predicted molar refractivity (Wildman–Crippen MR) is 65.8 cm³/mol. The molecule has 2 aromatic heterocycles. The van der Waals surface area contributed by atoms with E-state index in [-0.39, 0.29) is 23.1 Å². The topological polar surface area (TPSA) is 98.7 Å². The van der Waals surface area contributed by atoms with E-state index in [4.69, 9.17) is 17.3 Å². The molecule has 0 radical (unpaired) electrons. The Morgan fingerprint density at radius 3 is 3.00 bits per heavy atom. The molecule has 3 N–H and O–H groups in total. The van der Waals surface area contributed by atoms with Crippen LogP contribution in [-0.2, 0) is 13.6 Å². The lowest BCUT2D eigenvalue weighted by Crippen LogP contribution is -2.25. The maximum Gasteiger partial charge on any atom is 0.271 e. The normalized spacial score (nSPS) is 10.3. The van der Waals surface area contributed by atoms with Gasteiger partial charge in [-0.15, -0.1) is 0 Å². The van der Waals surface area contributed by atoms with E-state index < -0.39 is 5.91 Å². The summed E-state index contributed by atoms with van der Waals surface area (Å²) >= 11 is 5.86. The van der Waals surface area contributed by atoms with Gasteiger partial charge in [0.25, 0.3) is 5.91 Å². The van der Waals surface area contributed by atoms with Gasteiger partial charge in [-0.2, -0.15) is 5.10 Å². The zero-order valence-electron chi connectivity index (χ0n) is 9.59. The average molecular weight is 267 g/mol. The summed E-state index contributed by atoms with van der Waals surface area (Å²) in [5, 5.41) is 6.89. The van der Waals surface area contributed by atoms with Crippen LogP contribution in [0.5, 0.6) is 0 Å². The smallest absolute Gasteiger partial charge is 0.271 e. The van der Waals surface area contributed by atoms with E-state index in [1.54, 1.807) is 18.1 Å². The highest BCUT2D eigenvalue weighted by Crippen LogP contribution is 2.14. The lowest BCUT2D eigenvalue weighted by atomic mass is 10.3. The Morgan fingerprint density at radius 1 is 1.56 bits per heavy atom. The second kappa shape index (κ2) is 5.01. The molecule has 0 aliphatic heterocycles. The van der Waals surface area contributed by atoms with Crippen LogP contribution in [0.15, 0.2) is 18.5 Å². The Bertz CT molecular complexity index is 581. The van der Waals surface area contributed by atoms with Crippen LogP contribution in [0.2, 0.25) is 5.02 Å². The Balaban J connectivity index is 2.05. The van der Waals surface area contributed by atoms with Gasteiger partial charge in [0.05, 0.1) is 11.6 Å². The number of hydrogen-bond acceptors (Lipinski definition) is 5. The number of hydrogen-bond donors (Lipinski definition) is 2. The summed E-state index contributed by atoms with van der Waals surface area (Å²) < 4.78 is 1.55. The molecule has 2 rings (SSSR count). The fourth-order valence-corrected chi connectivity index (χ4v) is 1.52. The lowest BCUT2D eigenvalue weighted by molar-refractivity contribution is 0.0945. The number of pyridine rings is 1. The molecule has 0 atom stereocenters. The summed E-state index contributed by atoms with van der Waals surface area (Å²) in [4.78, 5) is 19.7. The molecule has 2 heterocycles. The van der Waals surface area contributed by atoms with E-state index in [0.29, 0.717) is 5.82 Å². The number of amides is 1. The minimum atomic E-state index is -0.417. The predicted octanol–water partition coefficient (Wildman–Crippen LogP) is 0.376. The molecular weight excluding hydrogens is 256 g/mol. The molecule has 94 valence electrons. The number of nitrogens with one attached hydrogen (secondary N) is 1. The molecule has 2 aromatic rings. The van der Waals surface area contributed by atoms with Gasteiger partial charge in [0.15, 0.2) is 5.82 Å². The van der Waals surface area contributed by atoms with Crippen LogP contribution < -0.4 is 11.1 Å². The van der Waals surface area contributed by atoms with E-state index in [1.807, 2.05) is 0 Å². The number of nitrogens with zero attached hydrogens (tertiary/aromatic N) is 4. The van der Waals surface area contributed by atoms with E-state index in [9.17, 15) is 4.79 Å². The van der Waals surface area contributed by atoms with Gasteiger partial charge < -0.3 is 11.1 Å². The molecule has 0 fully saturated rings. The number of nitrogens with two attached hydrogens (primary N) is 1. The largest absolute Gasteiger partial charge is 0.384 e. The number of carbonyl (C=O) groups is 1. The highest BCUT2D eigenvalue weighted by molar-refractivity contribution is 6.33. The number of carbonyl (C=O) groups excluding carboxylic acids is 1. The summed E-state index contributed by atoms with van der Waals surface area (Å²) in [6.45, 7) is 0.201. The highest BCUT2D eigenvalue weighted by atomic mass is 35.5. The molecule has 0 aromatic carbocycles. The van der Waals surface area contributed by atoms with Crippen molar-refractivity contribution in [1.29, 1.82) is 0 Å². The number of aromatic nitrogens is 4. The van der Waals surface area contributed by atoms with Gasteiger partial charge in [-0.05, 0) is 12.1 Å². The highest BCUT2D eigenvalue weighted by Gasteiger charge is 2.13. The minimum absolute atomic E-state index is 0.0904. The first-order valence-corrected chi connectivity index (χ1v) is 5.49. The molecule has 8 heteroatoms. The van der Waals surface area contributed by atoms with Gasteiger partial charge in [0, 0.05) is 7.05 Å². The third-order valence-corrected chi connectivity index (χ3v) is 2.44. The molecule has 0 saturated carbocycles. The van der Waals surface area contributed by atoms with Crippen molar-refractivity contribution in [3.05, 3.63) is 35.0 Å². The summed E-state index contributed by atoms with van der Waals surface area (Å²) in [6.07, 6.45) is 1.55. The number of aryl methyl sites for hydroxylation is 1. The maximum atomic E-state index is 11.8. The first kappa shape index (κ1) is 12.3. The third-order valence-electron chi connectivity index (χ3n) is 2.14. The van der Waals surface area contributed by atoms with Crippen LogP contribution in [0.25, 0.3) is 0 Å². The van der Waals surface area contributed by atoms with E-state index in [1.165, 1.54) is 12.1 Å². The van der Waals surface area contributed by atoms with Gasteiger partial charge in [-0.25, -0.2) is 9.97 Å². The van der Waals surface area contributed by atoms with Crippen molar-refractivity contribution in [2.45, 2.75) is 6.54 Å². The van der Waals surface area contributed by atoms with Gasteiger partial charge >= 0.3 is 0 Å². The molecule has 0 unspecified atom stereocenters. The zero-order chi connectivity index (χ0) is 13.1. The molecule has 0 bridgehead atoms. The van der Waals surface area contributed by atoms with E-state index in [0.717, 1.165) is 0 Å². The van der Waals surface area contributed by atoms with Crippen molar-refractivity contribution in [1.82, 2.24) is 25.1 Å². The maximum absolute atomic E-state index is 11.8. The Hall–Kier alpha value is -2.15. The Morgan fingerprint density at radius 2 is 2.33 bits per heavy atom. The number of nitrogen functional groups attached to an aromatic ring is 1. The molecule has 1 amide bonds. The monoisotopic (exact) mass is 266 g/mol. The molecular formula is C10H11ClN6O. The van der Waals surface area contributed by atoms with Crippen LogP contribution >= 0.6 is 11.6 Å². The first-order valence-electron chi connectivity index (χ1n) is 5.11. The SMILES string of the molecule is Cn1cnc(CNC(=O)c2nc(N)ccc2Cl)n1. The van der Waals surface area contributed by atoms with Crippen LogP contribution in [0.3, 0.4) is 0 Å². The quantitative estimate of drug-likeness (QED) is 0.837. The minimum Gasteiger partial charge on any atom is -0.384 e. The molecule has 18 heavy (non-hydrogen) atoms. The van der Waals surface area contributed by atoms with Crippen molar-refractivity contribution < 1.29 is 4.79 Å². The molecule has 0 spiro atoms. The van der Waals surface area contributed by atoms with Crippen molar-refractivity contribution in [3.8, 4) is 0 Å². The number of anilines is 1. The van der Waals surface area contributed by atoms with E-state index >= 15 is 0 Å². The van der Waals surface area contributed by atoms with Gasteiger partial charge in [-0.1, -0.05) is 11.6 Å². The zero-order valence-corrected chi connectivity index (χ0v) is 10.3. The average Bonchev–Trinajstić information content (AvgIpc) is 2.75. The van der Waals surface area contributed by atoms with Gasteiger partial charge in [0.2, 0.25) is 0 Å². The van der Waals surface area contributed by atoms with Gasteiger partial charge in [-0.3, -0.25) is 9.48 Å². The fraction of sp³-hybridized carbons (Fsp3) is 0.200. The van der Waals surface area contributed by atoms with Crippen molar-refractivity contribution in [3.63, 3.8) is 0 Å². The third kappa shape index (κ3) is 2.75. The summed E-state index contributed by atoms with van der Waals surface area (Å²) in [5.41, 5.74) is 5.59. The Kier molecular flexibility index (Phi) is 3.42. The standard InChI is InChI=1S/C10H11ClN6O/c1-17-5-14-8(16-17)4-13-10(18)9-6(11)2-3-7(12)15-9/h2-3,5H,4H2,1H3,(H2,12,15)(H,13,18). The molecule has 0 aliphatic carbocycles. The number of rotatable bonds is 3. The molecule has 0 saturated heterocycles. The lowest BCUT2D eigenvalue weighted by Gasteiger charge is -2.04. The second-order valence-electron chi connectivity index (χ2n) is 3.58. The van der Waals surface area contributed by atoms with Crippen LogP contribution in [-0.4, -0.2) is 25.7 Å². The van der Waals surface area contributed by atoms with Crippen molar-refractivity contribution in [2.75, 3.05) is 5.73 Å². The van der Waals surface area contributed by atoms with Crippen LogP contribution in [0.4, 0.5) is 5.82 Å². The Labute approximate surface area is 108 Å². The molecule has 7 nitrogen and oxygen atoms in total. The first-order chi connectivity index (χ1) is 8.56. The van der Waals surface area contributed by atoms with Crippen molar-refractivity contribution >= 4 is 23.3 Å². The fourth-order valence-electron chi connectivity index (χ4n) is 1.32. The second-order valence-corrected chi connectivity index (χ2v) is 3.99. The van der Waals surface area contributed by atoms with Crippen LogP contribution in [0, 0.1) is 0 Å².